The maximum atomic E-state index is 14.3. The Morgan fingerprint density at radius 3 is 2.74 bits per heavy atom. The summed E-state index contributed by atoms with van der Waals surface area (Å²) in [5, 5.41) is 2.55. The molecule has 1 aromatic carbocycles. The van der Waals surface area contributed by atoms with Crippen molar-refractivity contribution in [1.29, 1.82) is 0 Å². The number of pyridine rings is 1. The molecule has 1 fully saturated rings. The van der Waals surface area contributed by atoms with Crippen molar-refractivity contribution in [3.05, 3.63) is 62.3 Å². The molecule has 1 aliphatic carbocycles. The van der Waals surface area contributed by atoms with Crippen LogP contribution in [0.2, 0.25) is 5.02 Å². The van der Waals surface area contributed by atoms with Crippen LogP contribution in [0.5, 0.6) is 5.75 Å². The lowest BCUT2D eigenvalue weighted by Gasteiger charge is -2.53. The van der Waals surface area contributed by atoms with Crippen LogP contribution in [0.15, 0.2) is 29.2 Å². The van der Waals surface area contributed by atoms with E-state index in [0.29, 0.717) is 25.8 Å². The first kappa shape index (κ1) is 25.2. The molecule has 1 aromatic heterocycles. The van der Waals surface area contributed by atoms with Crippen molar-refractivity contribution in [3.8, 4) is 5.75 Å². The van der Waals surface area contributed by atoms with E-state index in [-0.39, 0.29) is 52.8 Å². The van der Waals surface area contributed by atoms with E-state index < -0.39 is 22.7 Å². The van der Waals surface area contributed by atoms with E-state index in [9.17, 15) is 18.8 Å². The smallest absolute Gasteiger partial charge is 0.274 e. The second-order valence-corrected chi connectivity index (χ2v) is 9.58. The fourth-order valence-corrected chi connectivity index (χ4v) is 4.98. The van der Waals surface area contributed by atoms with Gasteiger partial charge in [-0.25, -0.2) is 4.39 Å². The molecule has 0 radical (unpaired) electrons. The molecule has 2 heterocycles. The van der Waals surface area contributed by atoms with Crippen LogP contribution in [0.4, 0.5) is 4.39 Å². The van der Waals surface area contributed by atoms with Gasteiger partial charge < -0.3 is 24.3 Å². The molecule has 2 amide bonds. The number of ether oxygens (including phenoxy) is 2. The molecule has 35 heavy (non-hydrogen) atoms. The highest BCUT2D eigenvalue weighted by atomic mass is 35.5. The first-order valence-electron chi connectivity index (χ1n) is 11.6. The van der Waals surface area contributed by atoms with Gasteiger partial charge >= 0.3 is 0 Å². The van der Waals surface area contributed by atoms with Crippen molar-refractivity contribution in [1.82, 2.24) is 14.8 Å². The number of hydrogen-bond acceptors (Lipinski definition) is 5. The maximum Gasteiger partial charge on any atom is 0.274 e. The largest absolute Gasteiger partial charge is 0.487 e. The topological polar surface area (TPSA) is 89.9 Å². The van der Waals surface area contributed by atoms with Crippen molar-refractivity contribution in [2.24, 2.45) is 0 Å². The molecule has 4 rings (SSSR count). The van der Waals surface area contributed by atoms with Crippen LogP contribution in [-0.2, 0) is 16.8 Å². The van der Waals surface area contributed by atoms with E-state index in [0.717, 1.165) is 6.42 Å². The molecule has 0 saturated heterocycles. The van der Waals surface area contributed by atoms with Crippen molar-refractivity contribution in [2.75, 3.05) is 27.3 Å². The highest BCUT2D eigenvalue weighted by molar-refractivity contribution is 6.30. The van der Waals surface area contributed by atoms with E-state index in [1.165, 1.54) is 18.3 Å². The molecular formula is C25H29ClFN3O5. The number of carbonyl (C=O) groups is 2. The number of methoxy groups -OCH3 is 1. The van der Waals surface area contributed by atoms with Crippen LogP contribution >= 0.6 is 11.6 Å². The Balaban J connectivity index is 1.75. The molecule has 1 N–H and O–H groups in total. The van der Waals surface area contributed by atoms with Crippen LogP contribution < -0.4 is 15.5 Å². The Bertz CT molecular complexity index is 1210. The highest BCUT2D eigenvalue weighted by Crippen LogP contribution is 2.45. The van der Waals surface area contributed by atoms with Crippen molar-refractivity contribution in [2.45, 2.75) is 50.8 Å². The van der Waals surface area contributed by atoms with Gasteiger partial charge in [-0.05, 0) is 25.3 Å². The van der Waals surface area contributed by atoms with Gasteiger partial charge in [0.15, 0.2) is 11.4 Å². The number of nitrogens with one attached hydrogen (secondary N) is 1. The molecule has 0 atom stereocenters. The lowest BCUT2D eigenvalue weighted by molar-refractivity contribution is -0.0673. The summed E-state index contributed by atoms with van der Waals surface area (Å²) in [6, 6.07) is 4.50. The second-order valence-electron chi connectivity index (χ2n) is 9.17. The highest BCUT2D eigenvalue weighted by Gasteiger charge is 2.52. The average molecular weight is 506 g/mol. The lowest BCUT2D eigenvalue weighted by Crippen LogP contribution is -2.61. The molecule has 2 aromatic rings. The molecule has 8 nitrogen and oxygen atoms in total. The van der Waals surface area contributed by atoms with E-state index in [1.807, 2.05) is 6.92 Å². The molecule has 1 aliphatic heterocycles. The van der Waals surface area contributed by atoms with Crippen molar-refractivity contribution >= 4 is 23.4 Å². The predicted molar refractivity (Wildman–Crippen MR) is 129 cm³/mol. The van der Waals surface area contributed by atoms with Crippen LogP contribution in [0.25, 0.3) is 0 Å². The molecular weight excluding hydrogens is 477 g/mol. The van der Waals surface area contributed by atoms with Crippen LogP contribution in [0, 0.1) is 5.82 Å². The van der Waals surface area contributed by atoms with Gasteiger partial charge in [0, 0.05) is 39.0 Å². The number of nitrogens with zero attached hydrogens (tertiary/aromatic N) is 2. The predicted octanol–water partition coefficient (Wildman–Crippen LogP) is 3.34. The SMILES string of the molecule is CCCCOc1c2n(cc(C(=O)NCc3cccc(Cl)c3F)c1=O)[C@]1(CN(C)C2=O)C[C@@H](OC)C1. The Kier molecular flexibility index (Phi) is 7.19. The fraction of sp³-hybridized carbons (Fsp3) is 0.480. The van der Waals surface area contributed by atoms with E-state index >= 15 is 0 Å². The first-order chi connectivity index (χ1) is 16.7. The lowest BCUT2D eigenvalue weighted by atomic mass is 9.72. The number of benzene rings is 1. The zero-order valence-corrected chi connectivity index (χ0v) is 20.8. The number of amides is 2. The third kappa shape index (κ3) is 4.54. The third-order valence-corrected chi connectivity index (χ3v) is 7.06. The summed E-state index contributed by atoms with van der Waals surface area (Å²) in [7, 11) is 3.32. The Labute approximate surface area is 208 Å². The minimum absolute atomic E-state index is 0.0106. The summed E-state index contributed by atoms with van der Waals surface area (Å²) in [5.74, 6) is -1.79. The Hall–Kier alpha value is -2.91. The van der Waals surface area contributed by atoms with Gasteiger partial charge in [-0.15, -0.1) is 0 Å². The quantitative estimate of drug-likeness (QED) is 0.556. The van der Waals surface area contributed by atoms with Crippen LogP contribution in [0.3, 0.4) is 0 Å². The number of likely N-dealkylation sites (N-methyl/N-ethyl adjacent to an activating group) is 1. The third-order valence-electron chi connectivity index (χ3n) is 6.77. The monoisotopic (exact) mass is 505 g/mol. The minimum Gasteiger partial charge on any atom is -0.487 e. The van der Waals surface area contributed by atoms with Crippen molar-refractivity contribution < 1.29 is 23.5 Å². The minimum atomic E-state index is -0.686. The van der Waals surface area contributed by atoms with Crippen LogP contribution in [0.1, 0.15) is 59.0 Å². The number of halogens is 2. The normalized spacial score (nSPS) is 21.0. The molecule has 10 heteroatoms. The van der Waals surface area contributed by atoms with Gasteiger partial charge in [0.2, 0.25) is 5.43 Å². The zero-order chi connectivity index (χ0) is 25.3. The summed E-state index contributed by atoms with van der Waals surface area (Å²) in [5.41, 5.74) is -1.01. The molecule has 1 spiro atoms. The number of fused-ring (bicyclic) bond motifs is 2. The summed E-state index contributed by atoms with van der Waals surface area (Å²) in [6.45, 7) is 2.49. The number of rotatable bonds is 8. The van der Waals surface area contributed by atoms with Gasteiger partial charge in [-0.1, -0.05) is 37.1 Å². The molecule has 0 bridgehead atoms. The Morgan fingerprint density at radius 2 is 2.06 bits per heavy atom. The first-order valence-corrected chi connectivity index (χ1v) is 12.0. The van der Waals surface area contributed by atoms with Gasteiger partial charge in [0.1, 0.15) is 11.4 Å². The van der Waals surface area contributed by atoms with E-state index in [2.05, 4.69) is 5.32 Å². The van der Waals surface area contributed by atoms with Gasteiger partial charge in [-0.2, -0.15) is 0 Å². The molecule has 2 aliphatic rings. The number of hydrogen-bond donors (Lipinski definition) is 1. The van der Waals surface area contributed by atoms with Crippen LogP contribution in [-0.4, -0.2) is 54.7 Å². The van der Waals surface area contributed by atoms with Crippen molar-refractivity contribution in [3.63, 3.8) is 0 Å². The Morgan fingerprint density at radius 1 is 1.31 bits per heavy atom. The fourth-order valence-electron chi connectivity index (χ4n) is 4.79. The molecule has 1 saturated carbocycles. The second kappa shape index (κ2) is 9.99. The summed E-state index contributed by atoms with van der Waals surface area (Å²) in [4.78, 5) is 41.3. The number of aromatic nitrogens is 1. The van der Waals surface area contributed by atoms with Gasteiger partial charge in [-0.3, -0.25) is 14.4 Å². The van der Waals surface area contributed by atoms with Gasteiger partial charge in [0.05, 0.1) is 23.3 Å². The van der Waals surface area contributed by atoms with Gasteiger partial charge in [0.25, 0.3) is 11.8 Å². The molecule has 0 unspecified atom stereocenters. The number of carbonyl (C=O) groups excluding carboxylic acids is 2. The average Bonchev–Trinajstić information content (AvgIpc) is 2.81. The standard InChI is InChI=1S/C25H29ClFN3O5/c1-4-5-9-35-22-20-24(33)29(2)14-25(10-16(11-25)34-3)30(20)13-17(21(22)31)23(32)28-12-15-7-6-8-18(26)19(15)27/h6-8,13,16H,4-5,9-12,14H2,1-3H3,(H,28,32)/t16-,25-. The summed E-state index contributed by atoms with van der Waals surface area (Å²) < 4.78 is 27.3. The summed E-state index contributed by atoms with van der Waals surface area (Å²) >= 11 is 5.83. The van der Waals surface area contributed by atoms with E-state index in [4.69, 9.17) is 21.1 Å². The maximum absolute atomic E-state index is 14.3. The zero-order valence-electron chi connectivity index (χ0n) is 20.0. The number of unbranched alkanes of at least 4 members (excludes halogenated alkanes) is 1. The summed E-state index contributed by atoms with van der Waals surface area (Å²) in [6.07, 6.45) is 4.22. The van der Waals surface area contributed by atoms with E-state index in [1.54, 1.807) is 29.7 Å². The molecule has 188 valence electrons.